The fourth-order valence-corrected chi connectivity index (χ4v) is 3.50. The lowest BCUT2D eigenvalue weighted by atomic mass is 9.78. The van der Waals surface area contributed by atoms with Crippen LogP contribution in [0.2, 0.25) is 0 Å². The summed E-state index contributed by atoms with van der Waals surface area (Å²) in [6.07, 6.45) is 1.13. The van der Waals surface area contributed by atoms with Crippen LogP contribution in [0, 0.1) is 11.7 Å². The van der Waals surface area contributed by atoms with Gasteiger partial charge >= 0.3 is 0 Å². The molecule has 0 bridgehead atoms. The first-order valence-corrected chi connectivity index (χ1v) is 6.54. The van der Waals surface area contributed by atoms with E-state index in [-0.39, 0.29) is 11.9 Å². The molecule has 1 saturated heterocycles. The summed E-state index contributed by atoms with van der Waals surface area (Å²) in [7, 11) is 4.23. The minimum Gasteiger partial charge on any atom is -0.371 e. The molecular formula is C14H20FN3. The van der Waals surface area contributed by atoms with Gasteiger partial charge in [-0.2, -0.15) is 0 Å². The molecule has 2 heterocycles. The molecule has 0 aliphatic carbocycles. The summed E-state index contributed by atoms with van der Waals surface area (Å²) in [6.45, 7) is 2.10. The molecule has 98 valence electrons. The van der Waals surface area contributed by atoms with Crippen molar-refractivity contribution in [1.29, 1.82) is 0 Å². The number of hydrogen-bond acceptors (Lipinski definition) is 3. The molecule has 1 fully saturated rings. The van der Waals surface area contributed by atoms with E-state index in [0.717, 1.165) is 30.8 Å². The minimum absolute atomic E-state index is 0.0559. The molecular weight excluding hydrogens is 229 g/mol. The molecule has 0 amide bonds. The van der Waals surface area contributed by atoms with Crippen molar-refractivity contribution in [2.75, 3.05) is 32.1 Å². The normalized spacial score (nSPS) is 32.0. The second-order valence-electron chi connectivity index (χ2n) is 5.62. The van der Waals surface area contributed by atoms with Crippen molar-refractivity contribution in [3.63, 3.8) is 0 Å². The molecule has 18 heavy (non-hydrogen) atoms. The molecule has 1 aromatic carbocycles. The number of hydrogen-bond donors (Lipinski definition) is 1. The van der Waals surface area contributed by atoms with Crippen LogP contribution in [0.15, 0.2) is 18.2 Å². The summed E-state index contributed by atoms with van der Waals surface area (Å²) in [5, 5.41) is 0. The number of nitrogens with two attached hydrogens (primary N) is 1. The average molecular weight is 249 g/mol. The van der Waals surface area contributed by atoms with Crippen LogP contribution in [-0.4, -0.2) is 38.1 Å². The van der Waals surface area contributed by atoms with E-state index in [4.69, 9.17) is 5.73 Å². The fourth-order valence-electron chi connectivity index (χ4n) is 3.50. The molecule has 3 nitrogen and oxygen atoms in total. The van der Waals surface area contributed by atoms with Gasteiger partial charge in [0.25, 0.3) is 0 Å². The number of fused-ring (bicyclic) bond motifs is 2. The van der Waals surface area contributed by atoms with Gasteiger partial charge in [0, 0.05) is 37.3 Å². The van der Waals surface area contributed by atoms with E-state index < -0.39 is 0 Å². The molecule has 0 spiro atoms. The van der Waals surface area contributed by atoms with Gasteiger partial charge < -0.3 is 15.5 Å². The molecule has 3 rings (SSSR count). The first kappa shape index (κ1) is 11.9. The zero-order valence-corrected chi connectivity index (χ0v) is 10.9. The van der Waals surface area contributed by atoms with E-state index in [0.29, 0.717) is 12.0 Å². The zero-order valence-electron chi connectivity index (χ0n) is 10.9. The zero-order chi connectivity index (χ0) is 12.9. The molecule has 0 aromatic heterocycles. The molecule has 0 saturated carbocycles. The van der Waals surface area contributed by atoms with Crippen LogP contribution in [0.4, 0.5) is 10.1 Å². The third-order valence-electron chi connectivity index (χ3n) is 4.51. The molecule has 4 heteroatoms. The quantitative estimate of drug-likeness (QED) is 0.758. The van der Waals surface area contributed by atoms with Crippen molar-refractivity contribution in [3.05, 3.63) is 29.6 Å². The van der Waals surface area contributed by atoms with Crippen molar-refractivity contribution < 1.29 is 4.39 Å². The van der Waals surface area contributed by atoms with Crippen LogP contribution in [0.25, 0.3) is 0 Å². The van der Waals surface area contributed by atoms with Gasteiger partial charge in [0.2, 0.25) is 0 Å². The number of halogens is 1. The van der Waals surface area contributed by atoms with Crippen molar-refractivity contribution >= 4 is 5.69 Å². The maximum atomic E-state index is 13.4. The maximum absolute atomic E-state index is 13.4. The van der Waals surface area contributed by atoms with E-state index in [2.05, 4.69) is 23.9 Å². The number of likely N-dealkylation sites (tertiary alicyclic amines) is 1. The predicted molar refractivity (Wildman–Crippen MR) is 71.1 cm³/mol. The van der Waals surface area contributed by atoms with Crippen molar-refractivity contribution in [2.24, 2.45) is 11.7 Å². The summed E-state index contributed by atoms with van der Waals surface area (Å²) in [4.78, 5) is 4.61. The first-order valence-electron chi connectivity index (χ1n) is 6.54. The van der Waals surface area contributed by atoms with Crippen LogP contribution in [0.5, 0.6) is 0 Å². The summed E-state index contributed by atoms with van der Waals surface area (Å²) < 4.78 is 13.4. The minimum atomic E-state index is -0.194. The van der Waals surface area contributed by atoms with E-state index >= 15 is 0 Å². The third-order valence-corrected chi connectivity index (χ3v) is 4.51. The maximum Gasteiger partial charge on any atom is 0.123 e. The number of nitrogens with zero attached hydrogens (tertiary/aromatic N) is 2. The van der Waals surface area contributed by atoms with Gasteiger partial charge in [-0.05, 0) is 43.8 Å². The van der Waals surface area contributed by atoms with E-state index in [1.165, 1.54) is 6.07 Å². The van der Waals surface area contributed by atoms with Crippen LogP contribution in [0.3, 0.4) is 0 Å². The monoisotopic (exact) mass is 249 g/mol. The van der Waals surface area contributed by atoms with E-state index in [9.17, 15) is 4.39 Å². The standard InChI is InChI=1S/C14H20FN3/c1-17-6-5-13-11(8-17)14(16)10-7-9(15)3-4-12(10)18(13)2/h3-4,7,11,13-14H,5-6,8,16H2,1-2H3. The van der Waals surface area contributed by atoms with Crippen LogP contribution < -0.4 is 10.6 Å². The Balaban J connectivity index is 2.03. The van der Waals surface area contributed by atoms with Gasteiger partial charge in [0.15, 0.2) is 0 Å². The highest BCUT2D eigenvalue weighted by Gasteiger charge is 2.40. The number of rotatable bonds is 0. The molecule has 2 N–H and O–H groups in total. The highest BCUT2D eigenvalue weighted by atomic mass is 19.1. The van der Waals surface area contributed by atoms with Crippen LogP contribution in [-0.2, 0) is 0 Å². The van der Waals surface area contributed by atoms with Gasteiger partial charge in [-0.25, -0.2) is 4.39 Å². The van der Waals surface area contributed by atoms with Crippen molar-refractivity contribution in [2.45, 2.75) is 18.5 Å². The number of benzene rings is 1. The van der Waals surface area contributed by atoms with Gasteiger partial charge in [-0.3, -0.25) is 0 Å². The lowest BCUT2D eigenvalue weighted by molar-refractivity contribution is 0.154. The van der Waals surface area contributed by atoms with Gasteiger partial charge in [-0.15, -0.1) is 0 Å². The highest BCUT2D eigenvalue weighted by molar-refractivity contribution is 5.58. The largest absolute Gasteiger partial charge is 0.371 e. The van der Waals surface area contributed by atoms with Crippen molar-refractivity contribution in [1.82, 2.24) is 4.90 Å². The Morgan fingerprint density at radius 2 is 2.11 bits per heavy atom. The van der Waals surface area contributed by atoms with E-state index in [1.807, 2.05) is 6.07 Å². The predicted octanol–water partition coefficient (Wildman–Crippen LogP) is 1.60. The highest BCUT2D eigenvalue weighted by Crippen LogP contribution is 2.41. The average Bonchev–Trinajstić information content (AvgIpc) is 2.35. The Morgan fingerprint density at radius 3 is 2.89 bits per heavy atom. The Morgan fingerprint density at radius 1 is 1.33 bits per heavy atom. The second-order valence-corrected chi connectivity index (χ2v) is 5.62. The topological polar surface area (TPSA) is 32.5 Å². The number of piperidine rings is 1. The molecule has 2 aliphatic heterocycles. The van der Waals surface area contributed by atoms with Gasteiger partial charge in [0.1, 0.15) is 5.82 Å². The smallest absolute Gasteiger partial charge is 0.123 e. The molecule has 3 unspecified atom stereocenters. The Bertz CT molecular complexity index is 462. The second kappa shape index (κ2) is 4.21. The molecule has 0 radical (unpaired) electrons. The summed E-state index contributed by atoms with van der Waals surface area (Å²) in [6, 6.07) is 5.41. The summed E-state index contributed by atoms with van der Waals surface area (Å²) in [5.41, 5.74) is 8.42. The van der Waals surface area contributed by atoms with Crippen LogP contribution >= 0.6 is 0 Å². The third kappa shape index (κ3) is 1.71. The first-order chi connectivity index (χ1) is 8.58. The molecule has 3 atom stereocenters. The lowest BCUT2D eigenvalue weighted by Gasteiger charge is -2.49. The lowest BCUT2D eigenvalue weighted by Crippen LogP contribution is -2.55. The van der Waals surface area contributed by atoms with E-state index in [1.54, 1.807) is 6.07 Å². The number of anilines is 1. The Hall–Kier alpha value is -1.13. The van der Waals surface area contributed by atoms with Gasteiger partial charge in [-0.1, -0.05) is 0 Å². The Labute approximate surface area is 107 Å². The van der Waals surface area contributed by atoms with Crippen molar-refractivity contribution in [3.8, 4) is 0 Å². The molecule has 2 aliphatic rings. The fraction of sp³-hybridized carbons (Fsp3) is 0.571. The summed E-state index contributed by atoms with van der Waals surface area (Å²) in [5.74, 6) is 0.197. The SMILES string of the molecule is CN1CCC2C(C1)C(N)c1cc(F)ccc1N2C. The van der Waals surface area contributed by atoms with Crippen LogP contribution in [0.1, 0.15) is 18.0 Å². The van der Waals surface area contributed by atoms with Gasteiger partial charge in [0.05, 0.1) is 0 Å². The Kier molecular flexibility index (Phi) is 2.79. The summed E-state index contributed by atoms with van der Waals surface area (Å²) >= 11 is 0. The molecule has 1 aromatic rings.